The van der Waals surface area contributed by atoms with Gasteiger partial charge in [-0.15, -0.1) is 4.91 Å². The minimum absolute atomic E-state index is 0.0486. The summed E-state index contributed by atoms with van der Waals surface area (Å²) in [6.45, 7) is 0.403. The van der Waals surface area contributed by atoms with E-state index in [0.29, 0.717) is 25.8 Å². The highest BCUT2D eigenvalue weighted by molar-refractivity contribution is 5.77. The first-order chi connectivity index (χ1) is 7.07. The Kier molecular flexibility index (Phi) is 6.81. The van der Waals surface area contributed by atoms with Crippen molar-refractivity contribution in [2.24, 2.45) is 21.7 Å². The largest absolute Gasteiger partial charge is 0.480 e. The van der Waals surface area contributed by atoms with Crippen LogP contribution < -0.4 is 16.9 Å². The predicted octanol–water partition coefficient (Wildman–Crippen LogP) is -0.846. The molecule has 0 amide bonds. The average molecular weight is 217 g/mol. The third-order valence-electron chi connectivity index (χ3n) is 1.68. The fourth-order valence-corrected chi connectivity index (χ4v) is 0.881. The number of carboxylic acids is 1. The van der Waals surface area contributed by atoms with Gasteiger partial charge in [0.1, 0.15) is 6.04 Å². The molecule has 8 heteroatoms. The summed E-state index contributed by atoms with van der Waals surface area (Å²) in [7, 11) is 0. The third kappa shape index (κ3) is 7.38. The van der Waals surface area contributed by atoms with Crippen molar-refractivity contribution in [1.29, 1.82) is 0 Å². The highest BCUT2D eigenvalue weighted by Gasteiger charge is 2.09. The Hall–Kier alpha value is -1.70. The summed E-state index contributed by atoms with van der Waals surface area (Å²) >= 11 is 0. The third-order valence-corrected chi connectivity index (χ3v) is 1.68. The second-order valence-corrected chi connectivity index (χ2v) is 2.91. The van der Waals surface area contributed by atoms with E-state index in [1.165, 1.54) is 0 Å². The van der Waals surface area contributed by atoms with Crippen molar-refractivity contribution in [3.63, 3.8) is 0 Å². The summed E-state index contributed by atoms with van der Waals surface area (Å²) < 4.78 is 0. The predicted molar refractivity (Wildman–Crippen MR) is 54.9 cm³/mol. The van der Waals surface area contributed by atoms with Gasteiger partial charge in [0.2, 0.25) is 5.96 Å². The Morgan fingerprint density at radius 1 is 1.47 bits per heavy atom. The molecule has 0 rings (SSSR count). The van der Waals surface area contributed by atoms with E-state index in [-0.39, 0.29) is 5.96 Å². The molecule has 0 radical (unpaired) electrons. The van der Waals surface area contributed by atoms with Gasteiger partial charge in [-0.1, -0.05) is 0 Å². The number of hydrogen-bond donors (Lipinski definition) is 4. The molecule has 0 aliphatic heterocycles. The van der Waals surface area contributed by atoms with Gasteiger partial charge in [0.05, 0.1) is 5.29 Å². The number of nitrogens with two attached hydrogens (primary N) is 2. The minimum atomic E-state index is -1.01. The van der Waals surface area contributed by atoms with E-state index < -0.39 is 12.0 Å². The van der Waals surface area contributed by atoms with Crippen LogP contribution in [0.3, 0.4) is 0 Å². The van der Waals surface area contributed by atoms with E-state index in [1.807, 2.05) is 5.43 Å². The van der Waals surface area contributed by atoms with E-state index in [0.717, 1.165) is 0 Å². The van der Waals surface area contributed by atoms with Crippen LogP contribution >= 0.6 is 0 Å². The van der Waals surface area contributed by atoms with Gasteiger partial charge in [-0.05, 0) is 19.3 Å². The first-order valence-corrected chi connectivity index (χ1v) is 4.44. The monoisotopic (exact) mass is 217 g/mol. The first-order valence-electron chi connectivity index (χ1n) is 4.44. The molecule has 0 spiro atoms. The summed E-state index contributed by atoms with van der Waals surface area (Å²) in [5.74, 6) is -1.06. The number of rotatable bonds is 7. The zero-order chi connectivity index (χ0) is 11.7. The fourth-order valence-electron chi connectivity index (χ4n) is 0.881. The summed E-state index contributed by atoms with van der Waals surface area (Å²) in [5.41, 5.74) is 12.4. The van der Waals surface area contributed by atoms with Crippen molar-refractivity contribution >= 4 is 11.9 Å². The number of hydrogen-bond acceptors (Lipinski definition) is 5. The Balaban J connectivity index is 3.50. The molecular formula is C7H15N5O3. The highest BCUT2D eigenvalue weighted by atomic mass is 16.4. The van der Waals surface area contributed by atoms with Crippen molar-refractivity contribution in [3.8, 4) is 0 Å². The maximum Gasteiger partial charge on any atom is 0.320 e. The maximum absolute atomic E-state index is 10.3. The normalized spacial score (nSPS) is 13.3. The summed E-state index contributed by atoms with van der Waals surface area (Å²) in [4.78, 5) is 23.7. The lowest BCUT2D eigenvalue weighted by molar-refractivity contribution is -0.138. The number of aliphatic imine (C=N–C) groups is 1. The van der Waals surface area contributed by atoms with Crippen LogP contribution in [0.2, 0.25) is 0 Å². The SMILES string of the molecule is NC(=NCCCC[C@H](N)C(=O)O)NN=O. The fraction of sp³-hybridized carbons (Fsp3) is 0.714. The Labute approximate surface area is 86.7 Å². The molecule has 0 aromatic heterocycles. The second kappa shape index (κ2) is 7.68. The second-order valence-electron chi connectivity index (χ2n) is 2.91. The molecule has 0 aromatic rings. The van der Waals surface area contributed by atoms with Crippen molar-refractivity contribution < 1.29 is 9.90 Å². The number of nitroso groups, excluding NO2 is 1. The molecule has 86 valence electrons. The molecule has 0 saturated heterocycles. The maximum atomic E-state index is 10.3. The van der Waals surface area contributed by atoms with Gasteiger partial charge in [-0.2, -0.15) is 0 Å². The Morgan fingerprint density at radius 3 is 2.67 bits per heavy atom. The molecule has 0 aliphatic rings. The van der Waals surface area contributed by atoms with Crippen LogP contribution in [0.1, 0.15) is 19.3 Å². The lowest BCUT2D eigenvalue weighted by Gasteiger charge is -2.04. The van der Waals surface area contributed by atoms with Crippen LogP contribution in [0.4, 0.5) is 0 Å². The lowest BCUT2D eigenvalue weighted by Crippen LogP contribution is -2.29. The van der Waals surface area contributed by atoms with Gasteiger partial charge >= 0.3 is 5.97 Å². The quantitative estimate of drug-likeness (QED) is 0.144. The molecule has 0 aromatic carbocycles. The van der Waals surface area contributed by atoms with Crippen LogP contribution in [0.25, 0.3) is 0 Å². The van der Waals surface area contributed by atoms with Gasteiger partial charge in [0.15, 0.2) is 0 Å². The number of unbranched alkanes of at least 4 members (excludes halogenated alkanes) is 1. The molecule has 8 nitrogen and oxygen atoms in total. The van der Waals surface area contributed by atoms with Crippen LogP contribution in [-0.4, -0.2) is 29.6 Å². The standard InChI is InChI=1S/C7H15N5O3/c8-5(6(13)14)3-1-2-4-10-7(9)11-12-15/h5H,1-4,8H2,(H,13,14)(H3,9,10,11,15)/t5-/m0/s1. The van der Waals surface area contributed by atoms with Crippen molar-refractivity contribution in [1.82, 2.24) is 5.43 Å². The lowest BCUT2D eigenvalue weighted by atomic mass is 10.1. The van der Waals surface area contributed by atoms with Crippen molar-refractivity contribution in [3.05, 3.63) is 4.91 Å². The van der Waals surface area contributed by atoms with E-state index in [1.54, 1.807) is 0 Å². The molecule has 15 heavy (non-hydrogen) atoms. The number of aliphatic carboxylic acids is 1. The van der Waals surface area contributed by atoms with Crippen molar-refractivity contribution in [2.75, 3.05) is 6.54 Å². The Bertz CT molecular complexity index is 243. The molecule has 6 N–H and O–H groups in total. The number of nitrogens with zero attached hydrogens (tertiary/aromatic N) is 2. The summed E-state index contributed by atoms with van der Waals surface area (Å²) in [5, 5.41) is 10.8. The number of carboxylic acid groups (broad SMARTS) is 1. The highest BCUT2D eigenvalue weighted by Crippen LogP contribution is 1.99. The molecule has 0 bridgehead atoms. The smallest absolute Gasteiger partial charge is 0.320 e. The molecule has 0 saturated carbocycles. The average Bonchev–Trinajstić information content (AvgIpc) is 2.17. The van der Waals surface area contributed by atoms with Crippen LogP contribution in [-0.2, 0) is 4.79 Å². The number of carbonyl (C=O) groups is 1. The minimum Gasteiger partial charge on any atom is -0.480 e. The summed E-state index contributed by atoms with van der Waals surface area (Å²) in [6, 6.07) is -0.832. The van der Waals surface area contributed by atoms with Gasteiger partial charge in [0.25, 0.3) is 0 Å². The number of nitrogens with one attached hydrogen (secondary N) is 1. The molecule has 0 fully saturated rings. The van der Waals surface area contributed by atoms with E-state index >= 15 is 0 Å². The molecule has 0 aliphatic carbocycles. The zero-order valence-electron chi connectivity index (χ0n) is 8.22. The van der Waals surface area contributed by atoms with Crippen molar-refractivity contribution in [2.45, 2.75) is 25.3 Å². The van der Waals surface area contributed by atoms with Gasteiger partial charge in [-0.25, -0.2) is 5.43 Å². The molecule has 0 unspecified atom stereocenters. The molecule has 1 atom stereocenters. The number of guanidine groups is 1. The van der Waals surface area contributed by atoms with E-state index in [9.17, 15) is 9.70 Å². The van der Waals surface area contributed by atoms with Crippen LogP contribution in [0.15, 0.2) is 10.3 Å². The zero-order valence-corrected chi connectivity index (χ0v) is 8.22. The topological polar surface area (TPSA) is 143 Å². The van der Waals surface area contributed by atoms with Crippen LogP contribution in [0.5, 0.6) is 0 Å². The first kappa shape index (κ1) is 13.3. The molecule has 0 heterocycles. The molecular weight excluding hydrogens is 202 g/mol. The van der Waals surface area contributed by atoms with Gasteiger partial charge in [-0.3, -0.25) is 9.79 Å². The van der Waals surface area contributed by atoms with E-state index in [2.05, 4.69) is 10.3 Å². The Morgan fingerprint density at radius 2 is 2.13 bits per heavy atom. The van der Waals surface area contributed by atoms with Gasteiger partial charge in [0, 0.05) is 6.54 Å². The van der Waals surface area contributed by atoms with E-state index in [4.69, 9.17) is 16.6 Å². The summed E-state index contributed by atoms with van der Waals surface area (Å²) in [6.07, 6.45) is 1.69. The van der Waals surface area contributed by atoms with Gasteiger partial charge < -0.3 is 16.6 Å². The van der Waals surface area contributed by atoms with Crippen LogP contribution in [0, 0.1) is 4.91 Å².